The van der Waals surface area contributed by atoms with Crippen LogP contribution in [-0.4, -0.2) is 10.2 Å². The Balaban J connectivity index is 2.63. The molecule has 2 N–H and O–H groups in total. The van der Waals surface area contributed by atoms with Gasteiger partial charge in [-0.3, -0.25) is 0 Å². The standard InChI is InChI=1S/C17H19ClO2/c1-17(2,3)12-4-7-16(20)15(9-12)14-6-5-13(18)8-11(14)10-19/h4-9,19-20H,10H2,1-3H3. The molecule has 106 valence electrons. The summed E-state index contributed by atoms with van der Waals surface area (Å²) in [5.74, 6) is 0.204. The topological polar surface area (TPSA) is 40.5 Å². The first-order valence-corrected chi connectivity index (χ1v) is 6.94. The zero-order valence-electron chi connectivity index (χ0n) is 11.9. The minimum absolute atomic E-state index is 0.00570. The lowest BCUT2D eigenvalue weighted by atomic mass is 9.84. The Morgan fingerprint density at radius 2 is 1.70 bits per heavy atom. The van der Waals surface area contributed by atoms with E-state index in [2.05, 4.69) is 20.8 Å². The van der Waals surface area contributed by atoms with E-state index in [0.29, 0.717) is 10.6 Å². The number of aliphatic hydroxyl groups is 1. The Morgan fingerprint density at radius 3 is 2.30 bits per heavy atom. The van der Waals surface area contributed by atoms with E-state index in [4.69, 9.17) is 11.6 Å². The van der Waals surface area contributed by atoms with Crippen LogP contribution in [0.5, 0.6) is 5.75 Å². The van der Waals surface area contributed by atoms with Gasteiger partial charge in [-0.1, -0.05) is 44.5 Å². The smallest absolute Gasteiger partial charge is 0.123 e. The number of phenols is 1. The van der Waals surface area contributed by atoms with Crippen LogP contribution in [-0.2, 0) is 12.0 Å². The summed E-state index contributed by atoms with van der Waals surface area (Å²) in [5, 5.41) is 20.2. The maximum absolute atomic E-state index is 10.1. The van der Waals surface area contributed by atoms with Crippen molar-refractivity contribution in [3.63, 3.8) is 0 Å². The van der Waals surface area contributed by atoms with Gasteiger partial charge in [0.05, 0.1) is 6.61 Å². The second-order valence-electron chi connectivity index (χ2n) is 5.94. The molecule has 2 nitrogen and oxygen atoms in total. The number of rotatable bonds is 2. The molecule has 0 heterocycles. The number of aromatic hydroxyl groups is 1. The van der Waals surface area contributed by atoms with E-state index in [1.807, 2.05) is 18.2 Å². The molecule has 3 heteroatoms. The molecular weight excluding hydrogens is 272 g/mol. The van der Waals surface area contributed by atoms with Crippen LogP contribution < -0.4 is 0 Å². The van der Waals surface area contributed by atoms with Crippen LogP contribution in [0.15, 0.2) is 36.4 Å². The monoisotopic (exact) mass is 290 g/mol. The lowest BCUT2D eigenvalue weighted by Crippen LogP contribution is -2.10. The van der Waals surface area contributed by atoms with Crippen molar-refractivity contribution in [1.29, 1.82) is 0 Å². The van der Waals surface area contributed by atoms with Crippen LogP contribution in [0.2, 0.25) is 5.02 Å². The second kappa shape index (κ2) is 5.47. The van der Waals surface area contributed by atoms with Gasteiger partial charge in [-0.2, -0.15) is 0 Å². The summed E-state index contributed by atoms with van der Waals surface area (Å²) >= 11 is 5.95. The summed E-state index contributed by atoms with van der Waals surface area (Å²) < 4.78 is 0. The fraction of sp³-hybridized carbons (Fsp3) is 0.294. The molecule has 0 aliphatic rings. The van der Waals surface area contributed by atoms with E-state index in [1.54, 1.807) is 18.2 Å². The number of halogens is 1. The van der Waals surface area contributed by atoms with E-state index in [9.17, 15) is 10.2 Å². The van der Waals surface area contributed by atoms with Gasteiger partial charge < -0.3 is 10.2 Å². The van der Waals surface area contributed by atoms with Gasteiger partial charge in [0.1, 0.15) is 5.75 Å². The Bertz CT molecular complexity index is 627. The molecule has 0 bridgehead atoms. The molecule has 0 atom stereocenters. The highest BCUT2D eigenvalue weighted by molar-refractivity contribution is 6.30. The van der Waals surface area contributed by atoms with Crippen molar-refractivity contribution in [3.05, 3.63) is 52.5 Å². The van der Waals surface area contributed by atoms with Gasteiger partial charge in [0, 0.05) is 10.6 Å². The number of benzene rings is 2. The number of hydrogen-bond acceptors (Lipinski definition) is 2. The summed E-state index contributed by atoms with van der Waals surface area (Å²) in [6.45, 7) is 6.25. The van der Waals surface area contributed by atoms with Crippen molar-refractivity contribution >= 4 is 11.6 Å². The van der Waals surface area contributed by atoms with E-state index < -0.39 is 0 Å². The van der Waals surface area contributed by atoms with Crippen LogP contribution in [0.1, 0.15) is 31.9 Å². The quantitative estimate of drug-likeness (QED) is 0.855. The van der Waals surface area contributed by atoms with Gasteiger partial charge in [0.25, 0.3) is 0 Å². The summed E-state index contributed by atoms with van der Waals surface area (Å²) in [5.41, 5.74) is 3.36. The van der Waals surface area contributed by atoms with Crippen molar-refractivity contribution in [2.75, 3.05) is 0 Å². The maximum atomic E-state index is 10.1. The molecule has 0 aromatic heterocycles. The van der Waals surface area contributed by atoms with E-state index in [1.165, 1.54) is 0 Å². The van der Waals surface area contributed by atoms with Gasteiger partial charge in [-0.05, 0) is 46.4 Å². The molecule has 0 saturated carbocycles. The first-order chi connectivity index (χ1) is 9.32. The molecule has 0 spiro atoms. The third-order valence-electron chi connectivity index (χ3n) is 3.39. The fourth-order valence-electron chi connectivity index (χ4n) is 2.17. The largest absolute Gasteiger partial charge is 0.507 e. The summed E-state index contributed by atoms with van der Waals surface area (Å²) in [6.07, 6.45) is 0. The number of aliphatic hydroxyl groups excluding tert-OH is 1. The third-order valence-corrected chi connectivity index (χ3v) is 3.63. The minimum Gasteiger partial charge on any atom is -0.507 e. The average Bonchev–Trinajstić information content (AvgIpc) is 2.38. The average molecular weight is 291 g/mol. The van der Waals surface area contributed by atoms with E-state index in [-0.39, 0.29) is 17.8 Å². The molecule has 0 unspecified atom stereocenters. The molecule has 0 fully saturated rings. The molecule has 0 radical (unpaired) electrons. The van der Waals surface area contributed by atoms with Crippen molar-refractivity contribution in [2.24, 2.45) is 0 Å². The normalized spacial score (nSPS) is 11.7. The SMILES string of the molecule is CC(C)(C)c1ccc(O)c(-c2ccc(Cl)cc2CO)c1. The summed E-state index contributed by atoms with van der Waals surface area (Å²) in [6, 6.07) is 10.9. The predicted molar refractivity (Wildman–Crippen MR) is 83.2 cm³/mol. The van der Waals surface area contributed by atoms with Gasteiger partial charge >= 0.3 is 0 Å². The van der Waals surface area contributed by atoms with Crippen LogP contribution >= 0.6 is 11.6 Å². The molecule has 0 amide bonds. The van der Waals surface area contributed by atoms with Gasteiger partial charge in [-0.25, -0.2) is 0 Å². The molecule has 0 aliphatic carbocycles. The van der Waals surface area contributed by atoms with Crippen LogP contribution in [0.25, 0.3) is 11.1 Å². The van der Waals surface area contributed by atoms with Crippen molar-refractivity contribution in [1.82, 2.24) is 0 Å². The first-order valence-electron chi connectivity index (χ1n) is 6.56. The van der Waals surface area contributed by atoms with Crippen molar-refractivity contribution < 1.29 is 10.2 Å². The molecule has 0 saturated heterocycles. The van der Waals surface area contributed by atoms with Crippen molar-refractivity contribution in [2.45, 2.75) is 32.8 Å². The van der Waals surface area contributed by atoms with Crippen molar-refractivity contribution in [3.8, 4) is 16.9 Å². The van der Waals surface area contributed by atoms with Crippen LogP contribution in [0.3, 0.4) is 0 Å². The highest BCUT2D eigenvalue weighted by Gasteiger charge is 2.17. The van der Waals surface area contributed by atoms with Crippen LogP contribution in [0, 0.1) is 0 Å². The van der Waals surface area contributed by atoms with Gasteiger partial charge in [0.15, 0.2) is 0 Å². The molecule has 2 aromatic carbocycles. The summed E-state index contributed by atoms with van der Waals surface area (Å²) in [4.78, 5) is 0. The Kier molecular flexibility index (Phi) is 4.07. The molecule has 2 aromatic rings. The van der Waals surface area contributed by atoms with Gasteiger partial charge in [-0.15, -0.1) is 0 Å². The van der Waals surface area contributed by atoms with E-state index >= 15 is 0 Å². The molecule has 0 aliphatic heterocycles. The zero-order valence-corrected chi connectivity index (χ0v) is 12.7. The highest BCUT2D eigenvalue weighted by Crippen LogP contribution is 2.36. The number of hydrogen-bond donors (Lipinski definition) is 2. The van der Waals surface area contributed by atoms with Gasteiger partial charge in [0.2, 0.25) is 0 Å². The fourth-order valence-corrected chi connectivity index (χ4v) is 2.37. The Hall–Kier alpha value is -1.51. The van der Waals surface area contributed by atoms with E-state index in [0.717, 1.165) is 16.7 Å². The lowest BCUT2D eigenvalue weighted by Gasteiger charge is -2.21. The maximum Gasteiger partial charge on any atom is 0.123 e. The Morgan fingerprint density at radius 1 is 1.00 bits per heavy atom. The lowest BCUT2D eigenvalue weighted by molar-refractivity contribution is 0.282. The molecule has 2 rings (SSSR count). The first kappa shape index (κ1) is 14.9. The third kappa shape index (κ3) is 2.97. The minimum atomic E-state index is -0.116. The highest BCUT2D eigenvalue weighted by atomic mass is 35.5. The molecule has 20 heavy (non-hydrogen) atoms. The second-order valence-corrected chi connectivity index (χ2v) is 6.38. The number of phenolic OH excluding ortho intramolecular Hbond substituents is 1. The zero-order chi connectivity index (χ0) is 14.9. The van der Waals surface area contributed by atoms with Crippen LogP contribution in [0.4, 0.5) is 0 Å². The predicted octanol–water partition coefficient (Wildman–Crippen LogP) is 4.50. The molecular formula is C17H19ClO2. The summed E-state index contributed by atoms with van der Waals surface area (Å²) in [7, 11) is 0. The Labute approximate surface area is 124 Å².